The molecule has 1 aliphatic heterocycles. The van der Waals surface area contributed by atoms with Gasteiger partial charge in [0.15, 0.2) is 0 Å². The second kappa shape index (κ2) is 9.90. The molecule has 0 saturated heterocycles. The van der Waals surface area contributed by atoms with Crippen LogP contribution >= 0.6 is 11.3 Å². The van der Waals surface area contributed by atoms with E-state index in [1.54, 1.807) is 42.5 Å². The van der Waals surface area contributed by atoms with Gasteiger partial charge in [0.05, 0.1) is 17.0 Å². The molecule has 5 nitrogen and oxygen atoms in total. The summed E-state index contributed by atoms with van der Waals surface area (Å²) in [7, 11) is 0. The summed E-state index contributed by atoms with van der Waals surface area (Å²) in [6.45, 7) is 5.07. The number of rotatable bonds is 6. The number of nitrogens with zero attached hydrogens (tertiary/aromatic N) is 1. The standard InChI is InChI=1S/C25H26N2O3S/c1-2-30-25(29)19-8-10-21(11-9-19)26-24(28)23-16-20-12-14-27(15-13-22(20)31-23)17-18-6-4-3-5-7-18/h3-11,16H,2,12-15,17H2,1H3,(H,26,28). The number of thiophene rings is 1. The third-order valence-corrected chi connectivity index (χ3v) is 6.61. The maximum atomic E-state index is 12.7. The van der Waals surface area contributed by atoms with Gasteiger partial charge < -0.3 is 10.1 Å². The van der Waals surface area contributed by atoms with Crippen LogP contribution in [0, 0.1) is 0 Å². The zero-order valence-corrected chi connectivity index (χ0v) is 18.4. The van der Waals surface area contributed by atoms with Gasteiger partial charge in [0, 0.05) is 30.2 Å². The molecule has 0 bridgehead atoms. The molecule has 3 aromatic rings. The summed E-state index contributed by atoms with van der Waals surface area (Å²) in [5.74, 6) is -0.466. The SMILES string of the molecule is CCOC(=O)c1ccc(NC(=O)c2cc3c(s2)CCN(Cc2ccccc2)CC3)cc1. The fourth-order valence-electron chi connectivity index (χ4n) is 3.75. The first-order valence-corrected chi connectivity index (χ1v) is 11.4. The highest BCUT2D eigenvalue weighted by Crippen LogP contribution is 2.27. The molecule has 2 heterocycles. The van der Waals surface area contributed by atoms with Gasteiger partial charge in [-0.1, -0.05) is 30.3 Å². The minimum atomic E-state index is -0.358. The number of anilines is 1. The van der Waals surface area contributed by atoms with Crippen LogP contribution in [0.15, 0.2) is 60.7 Å². The lowest BCUT2D eigenvalue weighted by Gasteiger charge is -2.19. The van der Waals surface area contributed by atoms with Crippen LogP contribution in [0.25, 0.3) is 0 Å². The van der Waals surface area contributed by atoms with Crippen molar-refractivity contribution in [2.24, 2.45) is 0 Å². The van der Waals surface area contributed by atoms with Crippen molar-refractivity contribution in [3.8, 4) is 0 Å². The van der Waals surface area contributed by atoms with E-state index in [9.17, 15) is 9.59 Å². The predicted molar refractivity (Wildman–Crippen MR) is 124 cm³/mol. The Balaban J connectivity index is 1.36. The second-order valence-corrected chi connectivity index (χ2v) is 8.71. The number of carbonyl (C=O) groups is 2. The Morgan fingerprint density at radius 2 is 1.77 bits per heavy atom. The minimum Gasteiger partial charge on any atom is -0.462 e. The molecule has 1 aliphatic rings. The maximum Gasteiger partial charge on any atom is 0.338 e. The van der Waals surface area contributed by atoms with Gasteiger partial charge in [0.25, 0.3) is 5.91 Å². The molecule has 0 spiro atoms. The van der Waals surface area contributed by atoms with Gasteiger partial charge in [-0.3, -0.25) is 9.69 Å². The van der Waals surface area contributed by atoms with Crippen molar-refractivity contribution in [1.29, 1.82) is 0 Å². The smallest absolute Gasteiger partial charge is 0.338 e. The van der Waals surface area contributed by atoms with E-state index in [0.29, 0.717) is 17.9 Å². The Kier molecular flexibility index (Phi) is 6.79. The largest absolute Gasteiger partial charge is 0.462 e. The van der Waals surface area contributed by atoms with Gasteiger partial charge in [0.2, 0.25) is 0 Å². The summed E-state index contributed by atoms with van der Waals surface area (Å²) in [5, 5.41) is 2.93. The van der Waals surface area contributed by atoms with Crippen LogP contribution < -0.4 is 5.32 Å². The van der Waals surface area contributed by atoms with E-state index >= 15 is 0 Å². The zero-order chi connectivity index (χ0) is 21.6. The molecule has 31 heavy (non-hydrogen) atoms. The Hall–Kier alpha value is -2.96. The summed E-state index contributed by atoms with van der Waals surface area (Å²) in [4.78, 5) is 29.0. The van der Waals surface area contributed by atoms with E-state index in [0.717, 1.165) is 37.4 Å². The molecule has 1 amide bonds. The van der Waals surface area contributed by atoms with Gasteiger partial charge >= 0.3 is 5.97 Å². The van der Waals surface area contributed by atoms with Crippen LogP contribution in [-0.2, 0) is 24.1 Å². The van der Waals surface area contributed by atoms with E-state index in [1.165, 1.54) is 16.0 Å². The highest BCUT2D eigenvalue weighted by molar-refractivity contribution is 7.14. The van der Waals surface area contributed by atoms with Crippen molar-refractivity contribution < 1.29 is 14.3 Å². The van der Waals surface area contributed by atoms with Crippen LogP contribution in [0.1, 0.15) is 43.0 Å². The number of carbonyl (C=O) groups excluding carboxylic acids is 2. The Bertz CT molecular complexity index is 1020. The molecule has 0 radical (unpaired) electrons. The fourth-order valence-corrected chi connectivity index (χ4v) is 4.84. The van der Waals surface area contributed by atoms with Gasteiger partial charge in [-0.2, -0.15) is 0 Å². The number of hydrogen-bond acceptors (Lipinski definition) is 5. The molecule has 0 unspecified atom stereocenters. The zero-order valence-electron chi connectivity index (χ0n) is 17.6. The lowest BCUT2D eigenvalue weighted by atomic mass is 10.1. The molecule has 2 aromatic carbocycles. The van der Waals surface area contributed by atoms with Gasteiger partial charge in [-0.05, 0) is 61.2 Å². The quantitative estimate of drug-likeness (QED) is 0.568. The van der Waals surface area contributed by atoms with Crippen molar-refractivity contribution in [2.75, 3.05) is 25.0 Å². The molecule has 0 atom stereocenters. The highest BCUT2D eigenvalue weighted by Gasteiger charge is 2.20. The molecule has 0 saturated carbocycles. The third kappa shape index (κ3) is 5.40. The van der Waals surface area contributed by atoms with Crippen LogP contribution in [0.5, 0.6) is 0 Å². The first-order chi connectivity index (χ1) is 15.1. The fraction of sp³-hybridized carbons (Fsp3) is 0.280. The van der Waals surface area contributed by atoms with Gasteiger partial charge in [0.1, 0.15) is 0 Å². The molecule has 160 valence electrons. The van der Waals surface area contributed by atoms with Crippen LogP contribution in [0.4, 0.5) is 5.69 Å². The number of amides is 1. The number of fused-ring (bicyclic) bond motifs is 1. The summed E-state index contributed by atoms with van der Waals surface area (Å²) in [5.41, 5.74) is 3.75. The number of nitrogens with one attached hydrogen (secondary N) is 1. The van der Waals surface area contributed by atoms with E-state index in [1.807, 2.05) is 12.1 Å². The lowest BCUT2D eigenvalue weighted by molar-refractivity contribution is 0.0526. The van der Waals surface area contributed by atoms with Crippen molar-refractivity contribution in [2.45, 2.75) is 26.3 Å². The Labute approximate surface area is 186 Å². The molecule has 4 rings (SSSR count). The van der Waals surface area contributed by atoms with Crippen LogP contribution in [0.3, 0.4) is 0 Å². The van der Waals surface area contributed by atoms with Crippen molar-refractivity contribution in [3.05, 3.63) is 87.1 Å². The second-order valence-electron chi connectivity index (χ2n) is 7.57. The minimum absolute atomic E-state index is 0.108. The average molecular weight is 435 g/mol. The molecule has 1 N–H and O–H groups in total. The number of esters is 1. The highest BCUT2D eigenvalue weighted by atomic mass is 32.1. The Morgan fingerprint density at radius 1 is 1.03 bits per heavy atom. The van der Waals surface area contributed by atoms with Crippen molar-refractivity contribution >= 4 is 28.9 Å². The molecular weight excluding hydrogens is 408 g/mol. The maximum absolute atomic E-state index is 12.7. The van der Waals surface area contributed by atoms with Crippen molar-refractivity contribution in [1.82, 2.24) is 4.90 Å². The molecule has 0 aliphatic carbocycles. The summed E-state index contributed by atoms with van der Waals surface area (Å²) >= 11 is 1.59. The number of hydrogen-bond donors (Lipinski definition) is 1. The Morgan fingerprint density at radius 3 is 2.52 bits per heavy atom. The third-order valence-electron chi connectivity index (χ3n) is 5.38. The lowest BCUT2D eigenvalue weighted by Crippen LogP contribution is -2.25. The van der Waals surface area contributed by atoms with Crippen LogP contribution in [0.2, 0.25) is 0 Å². The van der Waals surface area contributed by atoms with E-state index in [4.69, 9.17) is 4.74 Å². The molecule has 0 fully saturated rings. The summed E-state index contributed by atoms with van der Waals surface area (Å²) in [6, 6.07) is 19.4. The predicted octanol–water partition coefficient (Wildman–Crippen LogP) is 4.78. The number of ether oxygens (including phenoxy) is 1. The van der Waals surface area contributed by atoms with E-state index < -0.39 is 0 Å². The number of benzene rings is 2. The molecule has 1 aromatic heterocycles. The summed E-state index contributed by atoms with van der Waals surface area (Å²) < 4.78 is 4.99. The molecule has 6 heteroatoms. The molecular formula is C25H26N2O3S. The normalized spacial score (nSPS) is 13.8. The average Bonchev–Trinajstić information content (AvgIpc) is 3.11. The topological polar surface area (TPSA) is 58.6 Å². The van der Waals surface area contributed by atoms with Crippen molar-refractivity contribution in [3.63, 3.8) is 0 Å². The first kappa shape index (κ1) is 21.3. The van der Waals surface area contributed by atoms with Gasteiger partial charge in [-0.25, -0.2) is 4.79 Å². The van der Waals surface area contributed by atoms with Gasteiger partial charge in [-0.15, -0.1) is 11.3 Å². The van der Waals surface area contributed by atoms with E-state index in [-0.39, 0.29) is 11.9 Å². The van der Waals surface area contributed by atoms with E-state index in [2.05, 4.69) is 34.5 Å². The monoisotopic (exact) mass is 434 g/mol. The van der Waals surface area contributed by atoms with Crippen LogP contribution in [-0.4, -0.2) is 36.5 Å². The first-order valence-electron chi connectivity index (χ1n) is 10.6. The summed E-state index contributed by atoms with van der Waals surface area (Å²) in [6.07, 6.45) is 1.93.